The molecule has 3 fully saturated rings. The number of fused-ring (bicyclic) bond motifs is 1. The van der Waals surface area contributed by atoms with Crippen LogP contribution in [0.15, 0.2) is 73.8 Å². The molecule has 2 aromatic rings. The highest BCUT2D eigenvalue weighted by Crippen LogP contribution is 2.61. The second-order valence-electron chi connectivity index (χ2n) is 11.3. The number of hydrogen-bond donors (Lipinski definition) is 1. The van der Waals surface area contributed by atoms with Crippen molar-refractivity contribution >= 4 is 39.4 Å². The number of hydrogen-bond acceptors (Lipinski definition) is 6. The molecule has 2 aromatic carbocycles. The van der Waals surface area contributed by atoms with E-state index in [-0.39, 0.29) is 36.4 Å². The number of carbonyl (C=O) groups excluding carboxylic acids is 3. The van der Waals surface area contributed by atoms with E-state index >= 15 is 0 Å². The molecule has 8 nitrogen and oxygen atoms in total. The van der Waals surface area contributed by atoms with Crippen LogP contribution in [0.3, 0.4) is 0 Å². The van der Waals surface area contributed by atoms with Crippen molar-refractivity contribution in [1.82, 2.24) is 4.90 Å². The molecular formula is C33H37BrN2O6. The first-order valence-corrected chi connectivity index (χ1v) is 15.2. The number of halogens is 1. The Morgan fingerprint density at radius 1 is 1.17 bits per heavy atom. The first-order valence-electron chi connectivity index (χ1n) is 14.2. The van der Waals surface area contributed by atoms with Crippen LogP contribution in [0.2, 0.25) is 0 Å². The Morgan fingerprint density at radius 2 is 1.86 bits per heavy atom. The molecule has 3 aliphatic rings. The topological polar surface area (TPSA) is 96.4 Å². The van der Waals surface area contributed by atoms with E-state index in [0.29, 0.717) is 12.8 Å². The zero-order chi connectivity index (χ0) is 30.2. The molecule has 2 amide bonds. The fraction of sp³-hybridized carbons (Fsp3) is 0.424. The minimum absolute atomic E-state index is 0.00192. The third kappa shape index (κ3) is 4.91. The molecule has 0 radical (unpaired) electrons. The number of rotatable bonds is 11. The molecule has 0 aromatic heterocycles. The summed E-state index contributed by atoms with van der Waals surface area (Å²) < 4.78 is 12.1. The maximum atomic E-state index is 14.9. The minimum atomic E-state index is -1.29. The quantitative estimate of drug-likeness (QED) is 0.228. The summed E-state index contributed by atoms with van der Waals surface area (Å²) >= 11 is 3.69. The molecular weight excluding hydrogens is 600 g/mol. The van der Waals surface area contributed by atoms with E-state index in [1.54, 1.807) is 11.0 Å². The highest BCUT2D eigenvalue weighted by atomic mass is 79.9. The average Bonchev–Trinajstić information content (AvgIpc) is 3.57. The second-order valence-corrected chi connectivity index (χ2v) is 12.5. The Hall–Kier alpha value is -3.27. The fourth-order valence-electron chi connectivity index (χ4n) is 7.18. The van der Waals surface area contributed by atoms with E-state index in [9.17, 15) is 19.5 Å². The molecule has 7 atom stereocenters. The lowest BCUT2D eigenvalue weighted by Crippen LogP contribution is -2.59. The third-order valence-electron chi connectivity index (χ3n) is 8.78. The van der Waals surface area contributed by atoms with Crippen molar-refractivity contribution in [1.29, 1.82) is 0 Å². The minimum Gasteiger partial charge on any atom is -0.461 e. The second kappa shape index (κ2) is 12.1. The van der Waals surface area contributed by atoms with Gasteiger partial charge in [0.1, 0.15) is 18.2 Å². The van der Waals surface area contributed by atoms with Crippen molar-refractivity contribution < 1.29 is 29.0 Å². The Morgan fingerprint density at radius 3 is 2.48 bits per heavy atom. The molecule has 5 rings (SSSR count). The van der Waals surface area contributed by atoms with Crippen LogP contribution in [0.25, 0.3) is 0 Å². The summed E-state index contributed by atoms with van der Waals surface area (Å²) in [5.74, 6) is -3.12. The van der Waals surface area contributed by atoms with Crippen molar-refractivity contribution in [2.45, 2.75) is 55.3 Å². The molecule has 1 N–H and O–H groups in total. The van der Waals surface area contributed by atoms with E-state index in [4.69, 9.17) is 9.47 Å². The zero-order valence-electron chi connectivity index (χ0n) is 23.9. The van der Waals surface area contributed by atoms with Crippen molar-refractivity contribution in [2.24, 2.45) is 11.8 Å². The number of benzene rings is 2. The summed E-state index contributed by atoms with van der Waals surface area (Å²) in [4.78, 5) is 45.7. The van der Waals surface area contributed by atoms with Crippen molar-refractivity contribution in [3.05, 3.63) is 90.5 Å². The summed E-state index contributed by atoms with van der Waals surface area (Å²) in [6.45, 7) is 11.2. The number of para-hydroxylation sites is 1. The number of aryl methyl sites for hydroxylation is 2. The maximum absolute atomic E-state index is 14.9. The molecule has 0 aliphatic carbocycles. The number of anilines is 1. The normalized spacial score (nSPS) is 28.3. The standard InChI is InChI=1S/C33H37BrN2O6/c1-5-15-35(27-20(3)11-10-12-21(27)4)31(39)29-33-18-24(34)28(42-33)25(32(40)41-16-6-2)26(33)30(38)36(29)23(19-37)17-22-13-8-7-9-14-22/h5-14,23-26,28-29,37H,1-2,15-19H2,3-4H3/t23-,24?,25-,26+,28-,29?,33?/m1/s1. The summed E-state index contributed by atoms with van der Waals surface area (Å²) in [6, 6.07) is 13.5. The molecule has 0 saturated carbocycles. The monoisotopic (exact) mass is 636 g/mol. The summed E-state index contributed by atoms with van der Waals surface area (Å²) in [5, 5.41) is 10.7. The van der Waals surface area contributed by atoms with Crippen LogP contribution >= 0.6 is 15.9 Å². The Kier molecular flexibility index (Phi) is 8.73. The first kappa shape index (κ1) is 30.2. The smallest absolute Gasteiger partial charge is 0.312 e. The molecule has 222 valence electrons. The molecule has 9 heteroatoms. The van der Waals surface area contributed by atoms with Crippen LogP contribution in [0, 0.1) is 25.7 Å². The van der Waals surface area contributed by atoms with Gasteiger partial charge in [0.05, 0.1) is 30.6 Å². The molecule has 42 heavy (non-hydrogen) atoms. The Bertz CT molecular complexity index is 1360. The third-order valence-corrected chi connectivity index (χ3v) is 9.63. The van der Waals surface area contributed by atoms with Crippen LogP contribution in [-0.2, 0) is 30.3 Å². The number of esters is 1. The lowest BCUT2D eigenvalue weighted by Gasteiger charge is -2.40. The van der Waals surface area contributed by atoms with Gasteiger partial charge in [-0.2, -0.15) is 0 Å². The SMILES string of the molecule is C=CCOC(=O)[C@H]1[C@@H]2OC3(CC2Br)C(C(=O)N(CC=C)c2c(C)cccc2C)N([C@@H](CO)Cc2ccccc2)C(=O)[C@H]13. The predicted octanol–water partition coefficient (Wildman–Crippen LogP) is 3.90. The fourth-order valence-corrected chi connectivity index (χ4v) is 8.13. The number of carbonyl (C=O) groups is 3. The van der Waals surface area contributed by atoms with Gasteiger partial charge in [-0.3, -0.25) is 14.4 Å². The molecule has 2 bridgehead atoms. The van der Waals surface area contributed by atoms with E-state index in [0.717, 1.165) is 22.4 Å². The Balaban J connectivity index is 1.65. The first-order chi connectivity index (χ1) is 20.2. The Labute approximate surface area is 255 Å². The van der Waals surface area contributed by atoms with E-state index < -0.39 is 41.6 Å². The van der Waals surface area contributed by atoms with Gasteiger partial charge in [0, 0.05) is 17.1 Å². The van der Waals surface area contributed by atoms with Crippen molar-refractivity contribution in [2.75, 3.05) is 24.7 Å². The van der Waals surface area contributed by atoms with Crippen LogP contribution < -0.4 is 4.90 Å². The van der Waals surface area contributed by atoms with Gasteiger partial charge in [0.2, 0.25) is 5.91 Å². The summed E-state index contributed by atoms with van der Waals surface area (Å²) in [5.41, 5.74) is 2.17. The molecule has 3 heterocycles. The largest absolute Gasteiger partial charge is 0.461 e. The summed E-state index contributed by atoms with van der Waals surface area (Å²) in [7, 11) is 0. The van der Waals surface area contributed by atoms with Gasteiger partial charge in [-0.25, -0.2) is 0 Å². The lowest BCUT2D eigenvalue weighted by atomic mass is 9.70. The number of ether oxygens (including phenoxy) is 2. The zero-order valence-corrected chi connectivity index (χ0v) is 25.5. The van der Waals surface area contributed by atoms with Crippen molar-refractivity contribution in [3.8, 4) is 0 Å². The number of alkyl halides is 1. The van der Waals surface area contributed by atoms with Gasteiger partial charge < -0.3 is 24.4 Å². The average molecular weight is 638 g/mol. The highest BCUT2D eigenvalue weighted by molar-refractivity contribution is 9.09. The molecule has 1 spiro atoms. The van der Waals surface area contributed by atoms with Crippen molar-refractivity contribution in [3.63, 3.8) is 0 Å². The van der Waals surface area contributed by atoms with E-state index in [1.165, 1.54) is 11.0 Å². The van der Waals surface area contributed by atoms with Gasteiger partial charge in [0.25, 0.3) is 5.91 Å². The number of amides is 2. The van der Waals surface area contributed by atoms with Crippen LogP contribution in [0.4, 0.5) is 5.69 Å². The number of aliphatic hydroxyl groups is 1. The van der Waals surface area contributed by atoms with Crippen LogP contribution in [0.1, 0.15) is 23.1 Å². The number of likely N-dealkylation sites (tertiary alicyclic amines) is 1. The van der Waals surface area contributed by atoms with Crippen LogP contribution in [-0.4, -0.2) is 76.2 Å². The highest BCUT2D eigenvalue weighted by Gasteiger charge is 2.77. The van der Waals surface area contributed by atoms with Gasteiger partial charge in [-0.05, 0) is 43.4 Å². The van der Waals surface area contributed by atoms with Crippen LogP contribution in [0.5, 0.6) is 0 Å². The molecule has 3 saturated heterocycles. The van der Waals surface area contributed by atoms with E-state index in [2.05, 4.69) is 29.1 Å². The number of aliphatic hydroxyl groups excluding tert-OH is 1. The predicted molar refractivity (Wildman–Crippen MR) is 163 cm³/mol. The maximum Gasteiger partial charge on any atom is 0.312 e. The summed E-state index contributed by atoms with van der Waals surface area (Å²) in [6.07, 6.45) is 3.17. The lowest BCUT2D eigenvalue weighted by molar-refractivity contribution is -0.154. The van der Waals surface area contributed by atoms with Gasteiger partial charge in [-0.15, -0.1) is 6.58 Å². The van der Waals surface area contributed by atoms with Gasteiger partial charge >= 0.3 is 5.97 Å². The molecule has 3 aliphatic heterocycles. The number of nitrogens with zero attached hydrogens (tertiary/aromatic N) is 2. The van der Waals surface area contributed by atoms with E-state index in [1.807, 2.05) is 62.4 Å². The van der Waals surface area contributed by atoms with Gasteiger partial charge in [0.15, 0.2) is 0 Å². The molecule has 3 unspecified atom stereocenters. The van der Waals surface area contributed by atoms with Gasteiger partial charge in [-0.1, -0.05) is 83.2 Å².